The summed E-state index contributed by atoms with van der Waals surface area (Å²) in [6, 6.07) is 0. The third-order valence-corrected chi connectivity index (χ3v) is 11.6. The highest BCUT2D eigenvalue weighted by Gasteiger charge is 2.39. The summed E-state index contributed by atoms with van der Waals surface area (Å²) in [6.07, 6.45) is 33.2. The number of carbonyl (C=O) groups is 2. The van der Waals surface area contributed by atoms with Crippen molar-refractivity contribution in [3.8, 4) is 0 Å². The molecule has 0 spiro atoms. The third-order valence-electron chi connectivity index (χ3n) is 10.6. The molecule has 0 amide bonds. The summed E-state index contributed by atoms with van der Waals surface area (Å²) in [5, 5.41) is 20.7. The molecule has 0 aliphatic heterocycles. The molecule has 6 atom stereocenters. The maximum absolute atomic E-state index is 12.8. The van der Waals surface area contributed by atoms with E-state index in [1.165, 1.54) is 83.5 Å². The molecule has 0 aromatic rings. The fourth-order valence-electron chi connectivity index (χ4n) is 6.96. The van der Waals surface area contributed by atoms with E-state index in [-0.39, 0.29) is 43.7 Å². The van der Waals surface area contributed by atoms with E-state index in [1.807, 2.05) is 39.4 Å². The maximum Gasteiger partial charge on any atom is 0.306 e. The maximum atomic E-state index is 12.8. The Labute approximate surface area is 353 Å². The minimum absolute atomic E-state index is 0.0115. The van der Waals surface area contributed by atoms with Gasteiger partial charge in [0.2, 0.25) is 0 Å². The molecule has 1 aliphatic rings. The number of rotatable bonds is 38. The van der Waals surface area contributed by atoms with Gasteiger partial charge in [-0.25, -0.2) is 0 Å². The lowest BCUT2D eigenvalue weighted by molar-refractivity contribution is -0.870. The van der Waals surface area contributed by atoms with Gasteiger partial charge in [0.15, 0.2) is 6.10 Å². The lowest BCUT2D eigenvalue weighted by Gasteiger charge is -2.28. The van der Waals surface area contributed by atoms with E-state index in [2.05, 4.69) is 13.8 Å². The highest BCUT2D eigenvalue weighted by Crippen LogP contribution is 2.38. The Bertz CT molecular complexity index is 1190. The first-order valence-corrected chi connectivity index (χ1v) is 24.3. The molecule has 1 rings (SSSR count). The van der Waals surface area contributed by atoms with Crippen molar-refractivity contribution in [2.24, 2.45) is 11.8 Å². The second kappa shape index (κ2) is 33.8. The van der Waals surface area contributed by atoms with Crippen LogP contribution in [0.15, 0.2) is 36.6 Å². The van der Waals surface area contributed by atoms with Gasteiger partial charge in [-0.3, -0.25) is 14.2 Å². The van der Waals surface area contributed by atoms with E-state index >= 15 is 0 Å². The van der Waals surface area contributed by atoms with E-state index in [1.54, 1.807) is 18.4 Å². The SMILES string of the molecule is CCCCCCCCCCCCCCCC/C=C/OC[C@H](COP(=O)([O-])OCC[N+](C)(C)C)OC(=O)CCC/C=C\C[C@H]1C(=O)C[C@@H](O)[C@@H]1/C=C/[C@@H](O)CCCCC. The molecule has 0 aromatic heterocycles. The number of unbranched alkanes of at least 4 members (excludes halogenated alkanes) is 17. The van der Waals surface area contributed by atoms with Crippen LogP contribution in [0.1, 0.15) is 168 Å². The first kappa shape index (κ1) is 54.2. The molecule has 0 saturated heterocycles. The van der Waals surface area contributed by atoms with Gasteiger partial charge in [-0.1, -0.05) is 141 Å². The minimum Gasteiger partial charge on any atom is -0.756 e. The average Bonchev–Trinajstić information content (AvgIpc) is 3.43. The van der Waals surface area contributed by atoms with Crippen molar-refractivity contribution >= 4 is 19.6 Å². The number of quaternary nitrogens is 1. The molecule has 1 aliphatic carbocycles. The quantitative estimate of drug-likeness (QED) is 0.0154. The summed E-state index contributed by atoms with van der Waals surface area (Å²) in [5.41, 5.74) is 0. The number of phosphoric acid groups is 1. The summed E-state index contributed by atoms with van der Waals surface area (Å²) < 4.78 is 34.3. The van der Waals surface area contributed by atoms with Crippen LogP contribution in [0.5, 0.6) is 0 Å². The summed E-state index contributed by atoms with van der Waals surface area (Å²) in [4.78, 5) is 37.8. The molecule has 0 aromatic carbocycles. The van der Waals surface area contributed by atoms with E-state index < -0.39 is 38.7 Å². The number of aliphatic hydroxyl groups is 2. The van der Waals surface area contributed by atoms with Crippen LogP contribution in [0.4, 0.5) is 0 Å². The molecule has 338 valence electrons. The first-order chi connectivity index (χ1) is 27.8. The molecule has 1 unspecified atom stereocenters. The normalized spacial score (nSPS) is 19.7. The smallest absolute Gasteiger partial charge is 0.306 e. The van der Waals surface area contributed by atoms with Gasteiger partial charge < -0.3 is 38.1 Å². The minimum atomic E-state index is -4.62. The fourth-order valence-corrected chi connectivity index (χ4v) is 7.69. The highest BCUT2D eigenvalue weighted by molar-refractivity contribution is 7.45. The Balaban J connectivity index is 2.47. The van der Waals surface area contributed by atoms with Crippen LogP contribution in [0.25, 0.3) is 0 Å². The monoisotopic (exact) mass is 842 g/mol. The number of aliphatic hydroxyl groups excluding tert-OH is 2. The van der Waals surface area contributed by atoms with Crippen LogP contribution >= 0.6 is 7.82 Å². The zero-order valence-electron chi connectivity index (χ0n) is 37.2. The van der Waals surface area contributed by atoms with Crippen LogP contribution in [0.3, 0.4) is 0 Å². The van der Waals surface area contributed by atoms with Gasteiger partial charge in [0.25, 0.3) is 7.82 Å². The predicted molar refractivity (Wildman–Crippen MR) is 232 cm³/mol. The topological polar surface area (TPSA) is 152 Å². The lowest BCUT2D eigenvalue weighted by atomic mass is 9.90. The van der Waals surface area contributed by atoms with Crippen molar-refractivity contribution in [3.63, 3.8) is 0 Å². The Morgan fingerprint density at radius 3 is 2.03 bits per heavy atom. The largest absolute Gasteiger partial charge is 0.756 e. The summed E-state index contributed by atoms with van der Waals surface area (Å²) in [7, 11) is 1.16. The molecule has 11 nitrogen and oxygen atoms in total. The number of ketones is 1. The van der Waals surface area contributed by atoms with Crippen molar-refractivity contribution in [3.05, 3.63) is 36.6 Å². The van der Waals surface area contributed by atoms with Gasteiger partial charge >= 0.3 is 5.97 Å². The van der Waals surface area contributed by atoms with Crippen LogP contribution in [-0.2, 0) is 32.7 Å². The molecule has 0 bridgehead atoms. The second-order valence-electron chi connectivity index (χ2n) is 17.3. The van der Waals surface area contributed by atoms with E-state index in [9.17, 15) is 29.3 Å². The Kier molecular flexibility index (Phi) is 31.6. The average molecular weight is 842 g/mol. The number of hydrogen-bond donors (Lipinski definition) is 2. The van der Waals surface area contributed by atoms with Gasteiger partial charge in [-0.15, -0.1) is 0 Å². The number of carbonyl (C=O) groups excluding carboxylic acids is 2. The Morgan fingerprint density at radius 1 is 0.828 bits per heavy atom. The number of likely N-dealkylation sites (N-methyl/N-ethyl adjacent to an activating group) is 1. The molecule has 0 heterocycles. The lowest BCUT2D eigenvalue weighted by Crippen LogP contribution is -2.37. The van der Waals surface area contributed by atoms with Gasteiger partial charge in [0.05, 0.1) is 46.2 Å². The van der Waals surface area contributed by atoms with Crippen molar-refractivity contribution in [1.82, 2.24) is 0 Å². The van der Waals surface area contributed by atoms with Crippen molar-refractivity contribution in [2.75, 3.05) is 47.5 Å². The number of Topliss-reactive ketones (excluding diaryl/α,β-unsaturated/α-hetero) is 1. The molecule has 58 heavy (non-hydrogen) atoms. The summed E-state index contributed by atoms with van der Waals surface area (Å²) in [5.74, 6) is -1.17. The van der Waals surface area contributed by atoms with Crippen LogP contribution in [0, 0.1) is 11.8 Å². The summed E-state index contributed by atoms with van der Waals surface area (Å²) in [6.45, 7) is 4.32. The first-order valence-electron chi connectivity index (χ1n) is 22.9. The van der Waals surface area contributed by atoms with E-state index in [0.717, 1.165) is 32.1 Å². The summed E-state index contributed by atoms with van der Waals surface area (Å²) >= 11 is 0. The number of allylic oxidation sites excluding steroid dienone is 3. The van der Waals surface area contributed by atoms with Crippen molar-refractivity contribution < 1.29 is 52.3 Å². The molecule has 1 saturated carbocycles. The Hall–Kier alpha value is -1.85. The Morgan fingerprint density at radius 2 is 1.41 bits per heavy atom. The van der Waals surface area contributed by atoms with Crippen LogP contribution < -0.4 is 4.89 Å². The number of esters is 1. The van der Waals surface area contributed by atoms with Crippen molar-refractivity contribution in [2.45, 2.75) is 186 Å². The third kappa shape index (κ3) is 30.2. The molecule has 2 N–H and O–H groups in total. The second-order valence-corrected chi connectivity index (χ2v) is 18.7. The van der Waals surface area contributed by atoms with E-state index in [4.69, 9.17) is 18.5 Å². The predicted octanol–water partition coefficient (Wildman–Crippen LogP) is 9.69. The van der Waals surface area contributed by atoms with Crippen LogP contribution in [-0.4, -0.2) is 92.3 Å². The standard InChI is InChI=1S/C46H84NO10P/c1-6-8-10-11-12-13-14-15-16-17-18-19-20-21-24-28-35-54-38-41(39-56-58(52,53)55-36-34-47(3,4)5)57-46(51)31-27-23-22-26-30-42-43(45(50)37-44(42)49)33-32-40(48)29-25-9-7-2/h22,26,28,32-33,35,40-43,45,48,50H,6-21,23-25,27,29-31,34,36-39H2,1-5H3/b26-22-,33-32+,35-28+/t40-,41+,42+,43+,45+/m0/s1. The molecule has 12 heteroatoms. The fraction of sp³-hybridized carbons (Fsp3) is 0.826. The van der Waals surface area contributed by atoms with Crippen LogP contribution in [0.2, 0.25) is 0 Å². The van der Waals surface area contributed by atoms with Gasteiger partial charge in [-0.05, 0) is 44.6 Å². The van der Waals surface area contributed by atoms with Crippen molar-refractivity contribution in [1.29, 1.82) is 0 Å². The van der Waals surface area contributed by atoms with Gasteiger partial charge in [-0.2, -0.15) is 0 Å². The van der Waals surface area contributed by atoms with E-state index in [0.29, 0.717) is 36.7 Å². The number of nitrogens with zero attached hydrogens (tertiary/aromatic N) is 1. The molecular weight excluding hydrogens is 757 g/mol. The zero-order chi connectivity index (χ0) is 42.9. The van der Waals surface area contributed by atoms with Gasteiger partial charge in [0.1, 0.15) is 25.5 Å². The zero-order valence-corrected chi connectivity index (χ0v) is 38.1. The number of hydrogen-bond acceptors (Lipinski definition) is 10. The molecule has 1 fully saturated rings. The molecule has 0 radical (unpaired) electrons. The molecular formula is C46H84NO10P. The number of ether oxygens (including phenoxy) is 2. The highest BCUT2D eigenvalue weighted by atomic mass is 31.2. The number of phosphoric ester groups is 1. The van der Waals surface area contributed by atoms with Gasteiger partial charge in [0, 0.05) is 24.7 Å².